The second kappa shape index (κ2) is 11.7. The van der Waals surface area contributed by atoms with Gasteiger partial charge in [0.2, 0.25) is 5.82 Å². The van der Waals surface area contributed by atoms with Crippen LogP contribution in [0.15, 0.2) is 85.3 Å². The number of piperidine rings is 1. The standard InChI is InChI=1S/C32H29FN8/c1-40-31(24-5-3-2-4-6-24)30(39-32(40)26-20-35-15-11-27(26)33)23-9-7-22(8-10-23)21-41-17-13-25(14-18-41)37-28-12-16-36-29(19-34)38-28/h2-12,15-16,20,25H,13-14,17-18,21H2,1H3,(H,36,37,38). The molecule has 1 N–H and O–H groups in total. The number of hydrogen-bond donors (Lipinski definition) is 1. The van der Waals surface area contributed by atoms with Gasteiger partial charge in [0.05, 0.1) is 17.0 Å². The summed E-state index contributed by atoms with van der Waals surface area (Å²) in [6.07, 6.45) is 6.56. The third-order valence-corrected chi connectivity index (χ3v) is 7.48. The van der Waals surface area contributed by atoms with Crippen molar-refractivity contribution in [3.8, 4) is 40.0 Å². The molecule has 0 aliphatic carbocycles. The molecule has 0 atom stereocenters. The van der Waals surface area contributed by atoms with Crippen molar-refractivity contribution in [2.24, 2.45) is 7.05 Å². The number of benzene rings is 2. The maximum Gasteiger partial charge on any atom is 0.234 e. The highest BCUT2D eigenvalue weighted by Crippen LogP contribution is 2.36. The predicted molar refractivity (Wildman–Crippen MR) is 156 cm³/mol. The Labute approximate surface area is 238 Å². The van der Waals surface area contributed by atoms with E-state index in [0.717, 1.165) is 55.0 Å². The minimum absolute atomic E-state index is 0.179. The Balaban J connectivity index is 1.18. The first-order valence-corrected chi connectivity index (χ1v) is 13.6. The fraction of sp³-hybridized carbons (Fsp3) is 0.219. The fourth-order valence-electron chi connectivity index (χ4n) is 5.37. The van der Waals surface area contributed by atoms with Crippen LogP contribution in [0.4, 0.5) is 10.2 Å². The molecule has 2 aromatic carbocycles. The van der Waals surface area contributed by atoms with E-state index >= 15 is 0 Å². The Kier molecular flexibility index (Phi) is 7.48. The summed E-state index contributed by atoms with van der Waals surface area (Å²) in [6.45, 7) is 2.79. The van der Waals surface area contributed by atoms with E-state index in [0.29, 0.717) is 23.2 Å². The van der Waals surface area contributed by atoms with E-state index in [2.05, 4.69) is 49.4 Å². The lowest BCUT2D eigenvalue weighted by molar-refractivity contribution is 0.211. The summed E-state index contributed by atoms with van der Waals surface area (Å²) in [5, 5.41) is 12.5. The molecule has 0 saturated carbocycles. The highest BCUT2D eigenvalue weighted by molar-refractivity contribution is 5.82. The molecule has 0 amide bonds. The van der Waals surface area contributed by atoms with Gasteiger partial charge in [0.25, 0.3) is 0 Å². The lowest BCUT2D eigenvalue weighted by Gasteiger charge is -2.32. The number of halogens is 1. The van der Waals surface area contributed by atoms with Gasteiger partial charge < -0.3 is 9.88 Å². The Hall–Kier alpha value is -4.94. The van der Waals surface area contributed by atoms with E-state index in [-0.39, 0.29) is 11.6 Å². The highest BCUT2D eigenvalue weighted by Gasteiger charge is 2.22. The lowest BCUT2D eigenvalue weighted by Crippen LogP contribution is -2.38. The van der Waals surface area contributed by atoms with Crippen LogP contribution >= 0.6 is 0 Å². The SMILES string of the molecule is Cn1c(-c2cnccc2F)nc(-c2ccc(CN3CCC(Nc4ccnc(C#N)n4)CC3)cc2)c1-c1ccccc1. The average Bonchev–Trinajstić information content (AvgIpc) is 3.36. The van der Waals surface area contributed by atoms with Crippen LogP contribution in [0.1, 0.15) is 24.2 Å². The molecule has 3 aromatic heterocycles. The number of nitriles is 1. The summed E-state index contributed by atoms with van der Waals surface area (Å²) in [7, 11) is 1.92. The third kappa shape index (κ3) is 5.69. The molecular formula is C32H29FN8. The summed E-state index contributed by atoms with van der Waals surface area (Å²) in [6, 6.07) is 24.0. The van der Waals surface area contributed by atoms with Gasteiger partial charge in [-0.3, -0.25) is 9.88 Å². The first kappa shape index (κ1) is 26.3. The first-order chi connectivity index (χ1) is 20.1. The summed E-state index contributed by atoms with van der Waals surface area (Å²) in [4.78, 5) is 19.7. The number of nitrogens with zero attached hydrogens (tertiary/aromatic N) is 7. The van der Waals surface area contributed by atoms with E-state index in [1.54, 1.807) is 12.3 Å². The van der Waals surface area contributed by atoms with E-state index in [1.165, 1.54) is 24.0 Å². The van der Waals surface area contributed by atoms with Crippen molar-refractivity contribution in [2.75, 3.05) is 18.4 Å². The van der Waals surface area contributed by atoms with Crippen LogP contribution in [0.3, 0.4) is 0 Å². The molecule has 0 radical (unpaired) electrons. The fourth-order valence-corrected chi connectivity index (χ4v) is 5.37. The topological polar surface area (TPSA) is 95.5 Å². The van der Waals surface area contributed by atoms with Crippen molar-refractivity contribution in [2.45, 2.75) is 25.4 Å². The zero-order valence-electron chi connectivity index (χ0n) is 22.7. The van der Waals surface area contributed by atoms with Crippen LogP contribution in [0.2, 0.25) is 0 Å². The van der Waals surface area contributed by atoms with Crippen molar-refractivity contribution in [3.05, 3.63) is 103 Å². The number of likely N-dealkylation sites (tertiary alicyclic amines) is 1. The molecule has 6 rings (SSSR count). The van der Waals surface area contributed by atoms with Crippen molar-refractivity contribution in [1.82, 2.24) is 29.4 Å². The minimum Gasteiger partial charge on any atom is -0.367 e. The second-order valence-electron chi connectivity index (χ2n) is 10.2. The molecule has 9 heteroatoms. The minimum atomic E-state index is -0.350. The van der Waals surface area contributed by atoms with Crippen molar-refractivity contribution in [3.63, 3.8) is 0 Å². The number of hydrogen-bond acceptors (Lipinski definition) is 7. The van der Waals surface area contributed by atoms with Crippen LogP contribution in [0, 0.1) is 17.1 Å². The second-order valence-corrected chi connectivity index (χ2v) is 10.2. The smallest absolute Gasteiger partial charge is 0.234 e. The number of aromatic nitrogens is 5. The van der Waals surface area contributed by atoms with Crippen LogP contribution in [0.5, 0.6) is 0 Å². The van der Waals surface area contributed by atoms with E-state index in [1.807, 2.05) is 48.0 Å². The molecule has 4 heterocycles. The molecule has 1 fully saturated rings. The zero-order chi connectivity index (χ0) is 28.2. The summed E-state index contributed by atoms with van der Waals surface area (Å²) >= 11 is 0. The molecule has 0 spiro atoms. The van der Waals surface area contributed by atoms with E-state index in [9.17, 15) is 4.39 Å². The third-order valence-electron chi connectivity index (χ3n) is 7.48. The summed E-state index contributed by atoms with van der Waals surface area (Å²) in [5.74, 6) is 1.07. The highest BCUT2D eigenvalue weighted by atomic mass is 19.1. The molecule has 0 bridgehead atoms. The molecule has 1 saturated heterocycles. The van der Waals surface area contributed by atoms with Crippen LogP contribution in [-0.4, -0.2) is 48.5 Å². The van der Waals surface area contributed by atoms with Crippen LogP contribution in [0.25, 0.3) is 33.9 Å². The van der Waals surface area contributed by atoms with Gasteiger partial charge in [0.15, 0.2) is 0 Å². The van der Waals surface area contributed by atoms with Crippen molar-refractivity contribution in [1.29, 1.82) is 5.26 Å². The van der Waals surface area contributed by atoms with Gasteiger partial charge in [-0.25, -0.2) is 19.3 Å². The number of pyridine rings is 1. The monoisotopic (exact) mass is 544 g/mol. The molecule has 41 heavy (non-hydrogen) atoms. The van der Waals surface area contributed by atoms with Gasteiger partial charge in [-0.1, -0.05) is 54.6 Å². The van der Waals surface area contributed by atoms with Gasteiger partial charge >= 0.3 is 0 Å². The van der Waals surface area contributed by atoms with Gasteiger partial charge in [-0.2, -0.15) is 5.26 Å². The molecule has 8 nitrogen and oxygen atoms in total. The lowest BCUT2D eigenvalue weighted by atomic mass is 10.0. The Bertz CT molecular complexity index is 1680. The van der Waals surface area contributed by atoms with Gasteiger partial charge in [-0.15, -0.1) is 0 Å². The van der Waals surface area contributed by atoms with E-state index < -0.39 is 0 Å². The number of anilines is 1. The molecule has 1 aliphatic heterocycles. The maximum atomic E-state index is 14.7. The molecular weight excluding hydrogens is 515 g/mol. The quantitative estimate of drug-likeness (QED) is 0.281. The maximum absolute atomic E-state index is 14.7. The summed E-state index contributed by atoms with van der Waals surface area (Å²) in [5.41, 5.74) is 5.32. The summed E-state index contributed by atoms with van der Waals surface area (Å²) < 4.78 is 16.7. The Morgan fingerprint density at radius 3 is 2.46 bits per heavy atom. The first-order valence-electron chi connectivity index (χ1n) is 13.6. The normalized spacial score (nSPS) is 14.1. The number of nitrogens with one attached hydrogen (secondary N) is 1. The van der Waals surface area contributed by atoms with Crippen LogP contribution < -0.4 is 5.32 Å². The van der Waals surface area contributed by atoms with Gasteiger partial charge in [-0.05, 0) is 30.5 Å². The Morgan fingerprint density at radius 1 is 0.951 bits per heavy atom. The molecule has 0 unspecified atom stereocenters. The van der Waals surface area contributed by atoms with Crippen LogP contribution in [-0.2, 0) is 13.6 Å². The number of imidazole rings is 1. The Morgan fingerprint density at radius 2 is 1.73 bits per heavy atom. The zero-order valence-corrected chi connectivity index (χ0v) is 22.7. The van der Waals surface area contributed by atoms with Gasteiger partial charge in [0, 0.05) is 62.4 Å². The molecule has 5 aromatic rings. The van der Waals surface area contributed by atoms with Crippen molar-refractivity contribution >= 4 is 5.82 Å². The average molecular weight is 545 g/mol. The van der Waals surface area contributed by atoms with Crippen molar-refractivity contribution < 1.29 is 4.39 Å². The molecule has 204 valence electrons. The number of rotatable bonds is 7. The van der Waals surface area contributed by atoms with E-state index in [4.69, 9.17) is 10.2 Å². The van der Waals surface area contributed by atoms with Gasteiger partial charge in [0.1, 0.15) is 23.5 Å². The largest absolute Gasteiger partial charge is 0.367 e. The molecule has 1 aliphatic rings. The predicted octanol–water partition coefficient (Wildman–Crippen LogP) is 5.69.